The largest absolute Gasteiger partial charge is 0.501 e. The van der Waals surface area contributed by atoms with Gasteiger partial charge in [-0.3, -0.25) is 9.59 Å². The number of thioether (sulfide) groups is 1. The van der Waals surface area contributed by atoms with Crippen LogP contribution < -0.4 is 20.1 Å². The van der Waals surface area contributed by atoms with Crippen LogP contribution in [0.15, 0.2) is 53.9 Å². The van der Waals surface area contributed by atoms with E-state index in [1.807, 2.05) is 12.1 Å². The number of hydrogen-bond acceptors (Lipinski definition) is 9. The van der Waals surface area contributed by atoms with Gasteiger partial charge in [0.25, 0.3) is 11.8 Å². The number of nitrogens with zero attached hydrogens (tertiary/aromatic N) is 2. The van der Waals surface area contributed by atoms with Gasteiger partial charge in [-0.2, -0.15) is 9.37 Å². The molecule has 2 aromatic rings. The van der Waals surface area contributed by atoms with Crippen LogP contribution in [0.4, 0.5) is 10.5 Å². The number of ether oxygens (including phenoxy) is 3. The molecule has 2 N–H and O–H groups in total. The smallest absolute Gasteiger partial charge is 0.493 e. The van der Waals surface area contributed by atoms with Crippen LogP contribution in [0.3, 0.4) is 0 Å². The number of rotatable bonds is 12. The molecule has 2 aliphatic heterocycles. The third kappa shape index (κ3) is 6.97. The third-order valence-electron chi connectivity index (χ3n) is 6.45. The lowest BCUT2D eigenvalue weighted by Gasteiger charge is -2.23. The van der Waals surface area contributed by atoms with Crippen LogP contribution in [0.1, 0.15) is 22.8 Å². The van der Waals surface area contributed by atoms with Crippen molar-refractivity contribution in [1.82, 2.24) is 10.2 Å². The van der Waals surface area contributed by atoms with Gasteiger partial charge in [-0.25, -0.2) is 9.59 Å². The molecule has 42 heavy (non-hydrogen) atoms. The number of esters is 1. The first-order valence-electron chi connectivity index (χ1n) is 13.1. The van der Waals surface area contributed by atoms with Crippen molar-refractivity contribution in [3.63, 3.8) is 0 Å². The van der Waals surface area contributed by atoms with Crippen molar-refractivity contribution in [3.05, 3.63) is 65.1 Å². The van der Waals surface area contributed by atoms with Crippen molar-refractivity contribution in [2.45, 2.75) is 18.6 Å². The van der Waals surface area contributed by atoms with Gasteiger partial charge in [-0.15, -0.1) is 16.7 Å². The Morgan fingerprint density at radius 1 is 1.00 bits per heavy atom. The highest BCUT2D eigenvalue weighted by molar-refractivity contribution is 8.04. The number of urea groups is 1. The number of carbonyl (C=O) groups excluding carboxylic acids is 5. The van der Waals surface area contributed by atoms with E-state index in [-0.39, 0.29) is 19.7 Å². The Hall–Kier alpha value is -4.65. The van der Waals surface area contributed by atoms with Gasteiger partial charge in [0.05, 0.1) is 26.4 Å². The molecule has 12 nitrogen and oxygen atoms in total. The minimum absolute atomic E-state index is 0.244. The van der Waals surface area contributed by atoms with Gasteiger partial charge in [0.1, 0.15) is 5.71 Å². The van der Waals surface area contributed by atoms with Crippen molar-refractivity contribution >= 4 is 52.9 Å². The number of nitrogens with one attached hydrogen (secondary N) is 2. The predicted molar refractivity (Wildman–Crippen MR) is 155 cm³/mol. The summed E-state index contributed by atoms with van der Waals surface area (Å²) in [6.07, 6.45) is 2.11. The zero-order valence-corrected chi connectivity index (χ0v) is 24.2. The number of methoxy groups -OCH3 is 2. The summed E-state index contributed by atoms with van der Waals surface area (Å²) in [6.45, 7) is 1.36. The van der Waals surface area contributed by atoms with Crippen LogP contribution in [-0.2, 0) is 25.5 Å². The average Bonchev–Trinajstić information content (AvgIpc) is 3.48. The van der Waals surface area contributed by atoms with Gasteiger partial charge in [0, 0.05) is 12.2 Å². The monoisotopic (exact) mass is 595 g/mol. The second-order valence-electron chi connectivity index (χ2n) is 9.17. The molecule has 0 radical (unpaired) electrons. The van der Waals surface area contributed by atoms with E-state index in [0.717, 1.165) is 10.5 Å². The number of imide groups is 1. The topological polar surface area (TPSA) is 143 Å². The first-order valence-corrected chi connectivity index (χ1v) is 14.1. The summed E-state index contributed by atoms with van der Waals surface area (Å²) in [7, 11) is 3.08. The molecule has 0 spiro atoms. The quantitative estimate of drug-likeness (QED) is 0.279. The molecule has 2 aromatic carbocycles. The van der Waals surface area contributed by atoms with Gasteiger partial charge in [0.2, 0.25) is 0 Å². The summed E-state index contributed by atoms with van der Waals surface area (Å²) in [5.74, 6) is -0.866. The highest BCUT2D eigenvalue weighted by Crippen LogP contribution is 2.28. The highest BCUT2D eigenvalue weighted by Gasteiger charge is 2.50. The lowest BCUT2D eigenvalue weighted by Crippen LogP contribution is -2.58. The lowest BCUT2D eigenvalue weighted by molar-refractivity contribution is -0.425. The Bertz CT molecular complexity index is 1450. The molecule has 1 unspecified atom stereocenters. The summed E-state index contributed by atoms with van der Waals surface area (Å²) in [6, 6.07) is 10.8. The molecule has 0 fully saturated rings. The van der Waals surface area contributed by atoms with E-state index in [0.29, 0.717) is 34.9 Å². The van der Waals surface area contributed by atoms with Gasteiger partial charge in [-0.1, -0.05) is 6.07 Å². The molecule has 2 aliphatic rings. The molecule has 13 heteroatoms. The number of benzene rings is 2. The van der Waals surface area contributed by atoms with E-state index in [2.05, 4.69) is 10.6 Å². The minimum Gasteiger partial charge on any atom is -0.493 e. The van der Waals surface area contributed by atoms with Crippen LogP contribution in [0.25, 0.3) is 0 Å². The maximum absolute atomic E-state index is 13.3. The Kier molecular flexibility index (Phi) is 9.97. The van der Waals surface area contributed by atoms with Crippen molar-refractivity contribution in [2.24, 2.45) is 0 Å². The van der Waals surface area contributed by atoms with Gasteiger partial charge < -0.3 is 24.8 Å². The first-order chi connectivity index (χ1) is 20.2. The molecular weight excluding hydrogens is 564 g/mol. The second-order valence-corrected chi connectivity index (χ2v) is 10.2. The van der Waals surface area contributed by atoms with Crippen LogP contribution in [0.5, 0.6) is 11.5 Å². The van der Waals surface area contributed by atoms with Gasteiger partial charge in [-0.05, 0) is 66.8 Å². The normalized spacial score (nSPS) is 15.8. The van der Waals surface area contributed by atoms with Crippen molar-refractivity contribution < 1.29 is 42.8 Å². The molecule has 0 saturated heterocycles. The summed E-state index contributed by atoms with van der Waals surface area (Å²) in [5, 5.41) is 6.36. The van der Waals surface area contributed by atoms with Crippen LogP contribution >= 0.6 is 11.8 Å². The molecule has 0 saturated carbocycles. The molecule has 0 aliphatic carbocycles. The molecule has 0 aromatic heterocycles. The Labute approximate surface area is 246 Å². The Morgan fingerprint density at radius 3 is 2.43 bits per heavy atom. The van der Waals surface area contributed by atoms with Gasteiger partial charge >= 0.3 is 17.9 Å². The molecular formula is C29H31N4O8S+. The predicted octanol–water partition coefficient (Wildman–Crippen LogP) is 2.22. The third-order valence-corrected chi connectivity index (χ3v) is 7.46. The van der Waals surface area contributed by atoms with E-state index in [1.165, 1.54) is 35.6 Å². The Balaban J connectivity index is 1.37. The van der Waals surface area contributed by atoms with Crippen molar-refractivity contribution in [3.8, 4) is 11.5 Å². The van der Waals surface area contributed by atoms with E-state index in [1.54, 1.807) is 43.7 Å². The summed E-state index contributed by atoms with van der Waals surface area (Å²) < 4.78 is 16.7. The van der Waals surface area contributed by atoms with Gasteiger partial charge in [0.15, 0.2) is 29.8 Å². The fourth-order valence-corrected chi connectivity index (χ4v) is 5.35. The number of carbonyl (C=O) groups is 5. The Morgan fingerprint density at radius 2 is 1.74 bits per heavy atom. The molecule has 4 rings (SSSR count). The average molecular weight is 596 g/mol. The second kappa shape index (κ2) is 13.8. The summed E-state index contributed by atoms with van der Waals surface area (Å²) in [5.41, 5.74) is 2.03. The molecule has 1 atom stereocenters. The number of amides is 5. The number of anilines is 1. The fourth-order valence-electron chi connectivity index (χ4n) is 4.39. The number of allylic oxidation sites excluding steroid dienone is 1. The van der Waals surface area contributed by atoms with Crippen LogP contribution in [0.2, 0.25) is 0 Å². The SMILES string of the molecule is CCOC(=O)c1ccc(NC(=O)C[N+]2=C3C=CSC3C(=O)N(CC(=O)NCCc3ccc(OC)c(OC)c3)C2=O)cc1. The van der Waals surface area contributed by atoms with Crippen LogP contribution in [-0.4, -0.2) is 90.6 Å². The summed E-state index contributed by atoms with van der Waals surface area (Å²) >= 11 is 1.20. The highest BCUT2D eigenvalue weighted by atomic mass is 32.2. The number of hydrogen-bond donors (Lipinski definition) is 2. The summed E-state index contributed by atoms with van der Waals surface area (Å²) in [4.78, 5) is 64.7. The molecule has 220 valence electrons. The van der Waals surface area contributed by atoms with Crippen LogP contribution in [0, 0.1) is 0 Å². The van der Waals surface area contributed by atoms with E-state index < -0.39 is 41.5 Å². The van der Waals surface area contributed by atoms with E-state index in [4.69, 9.17) is 14.2 Å². The van der Waals surface area contributed by atoms with Crippen molar-refractivity contribution in [2.75, 3.05) is 45.8 Å². The zero-order valence-electron chi connectivity index (χ0n) is 23.4. The minimum atomic E-state index is -0.763. The standard InChI is InChI=1S/C29H30N4O8S/c1-4-41-28(37)19-6-8-20(9-7-19)31-25(35)17-32-21-12-14-42-26(21)27(36)33(29(32)38)16-24(34)30-13-11-18-5-10-22(39-2)23(15-18)40-3/h5-10,12,14-15,26H,4,11,13,16-17H2,1-3H3,(H-,30,31,34,35,37)/p+1. The van der Waals surface area contributed by atoms with Crippen molar-refractivity contribution in [1.29, 1.82) is 0 Å². The molecule has 0 bridgehead atoms. The maximum Gasteiger partial charge on any atom is 0.501 e. The van der Waals surface area contributed by atoms with E-state index in [9.17, 15) is 24.0 Å². The lowest BCUT2D eigenvalue weighted by atomic mass is 10.1. The molecule has 2 heterocycles. The van der Waals surface area contributed by atoms with E-state index >= 15 is 0 Å². The molecule has 5 amide bonds. The zero-order chi connectivity index (χ0) is 30.2. The first kappa shape index (κ1) is 30.3. The number of fused-ring (bicyclic) bond motifs is 1. The maximum atomic E-state index is 13.3. The fraction of sp³-hybridized carbons (Fsp3) is 0.310.